The third-order valence-corrected chi connectivity index (χ3v) is 12.5. The summed E-state index contributed by atoms with van der Waals surface area (Å²) in [6.07, 6.45) is -0.439. The third kappa shape index (κ3) is 5.67. The smallest absolute Gasteiger partial charge is 0.161 e. The number of hydrogen-bond donors (Lipinski definition) is 7. The van der Waals surface area contributed by atoms with Crippen molar-refractivity contribution in [2.24, 2.45) is 34.5 Å². The number of aliphatic hydroxyl groups is 7. The summed E-state index contributed by atoms with van der Waals surface area (Å²) in [4.78, 5) is 13.5. The van der Waals surface area contributed by atoms with E-state index in [9.17, 15) is 40.5 Å². The fourth-order valence-corrected chi connectivity index (χ4v) is 9.81. The molecule has 0 radical (unpaired) electrons. The average Bonchev–Trinajstić information content (AvgIpc) is 3.20. The van der Waals surface area contributed by atoms with Crippen LogP contribution in [0.5, 0.6) is 0 Å². The van der Waals surface area contributed by atoms with E-state index in [0.29, 0.717) is 32.1 Å². The Morgan fingerprint density at radius 2 is 1.74 bits per heavy atom. The summed E-state index contributed by atoms with van der Waals surface area (Å²) in [5.41, 5.74) is -2.46. The van der Waals surface area contributed by atoms with Crippen LogP contribution in [0.25, 0.3) is 0 Å². The number of allylic oxidation sites excluding steroid dienone is 1. The Morgan fingerprint density at radius 3 is 2.40 bits per heavy atom. The summed E-state index contributed by atoms with van der Waals surface area (Å²) in [5.74, 6) is -0.596. The Bertz CT molecular complexity index is 1070. The summed E-state index contributed by atoms with van der Waals surface area (Å²) < 4.78 is 12.3. The van der Waals surface area contributed by atoms with Gasteiger partial charge in [0, 0.05) is 17.8 Å². The minimum Gasteiger partial charge on any atom is -0.394 e. The zero-order chi connectivity index (χ0) is 31.7. The SMILES string of the molecule is C[C@H](C(CCC(C)(C)O)O[C@H]1C[C@@H](O)[C@H](O)[C@@H](CO)O1)[C@H]1CC[C@@]2(O)C3=CC(=O)[C@@H]4C[C@@H](O)[C@@H](O)C[C@]4(C)[C@H]3CC[C@]12C. The lowest BCUT2D eigenvalue weighted by molar-refractivity contribution is -0.277. The van der Waals surface area contributed by atoms with E-state index >= 15 is 0 Å². The molecule has 1 aliphatic heterocycles. The van der Waals surface area contributed by atoms with Crippen LogP contribution in [-0.2, 0) is 14.3 Å². The number of carbonyl (C=O) groups is 1. The number of fused-ring (bicyclic) bond motifs is 5. The Labute approximate surface area is 255 Å². The third-order valence-electron chi connectivity index (χ3n) is 12.5. The number of hydrogen-bond acceptors (Lipinski definition) is 10. The second kappa shape index (κ2) is 11.7. The van der Waals surface area contributed by atoms with E-state index < -0.39 is 71.6 Å². The minimum absolute atomic E-state index is 0.0123. The molecule has 43 heavy (non-hydrogen) atoms. The second-order valence-corrected chi connectivity index (χ2v) is 15.6. The molecule has 1 saturated heterocycles. The molecule has 0 aromatic rings. The quantitative estimate of drug-likeness (QED) is 0.214. The Kier molecular flexibility index (Phi) is 9.08. The lowest BCUT2D eigenvalue weighted by Gasteiger charge is -2.60. The molecule has 246 valence electrons. The van der Waals surface area contributed by atoms with Gasteiger partial charge in [0.1, 0.15) is 12.2 Å². The lowest BCUT2D eigenvalue weighted by atomic mass is 9.46. The lowest BCUT2D eigenvalue weighted by Crippen LogP contribution is -2.61. The van der Waals surface area contributed by atoms with Crippen LogP contribution >= 0.6 is 0 Å². The van der Waals surface area contributed by atoms with Crippen LogP contribution in [0.3, 0.4) is 0 Å². The number of aliphatic hydroxyl groups excluding tert-OH is 5. The van der Waals surface area contributed by atoms with Crippen LogP contribution in [0.2, 0.25) is 0 Å². The van der Waals surface area contributed by atoms with Crippen LogP contribution in [0, 0.1) is 34.5 Å². The molecule has 0 aromatic heterocycles. The Hall–Kier alpha value is -0.950. The van der Waals surface area contributed by atoms with E-state index in [1.54, 1.807) is 19.9 Å². The monoisotopic (exact) mass is 610 g/mol. The van der Waals surface area contributed by atoms with Gasteiger partial charge in [0.05, 0.1) is 42.2 Å². The predicted molar refractivity (Wildman–Crippen MR) is 156 cm³/mol. The van der Waals surface area contributed by atoms with E-state index in [2.05, 4.69) is 13.8 Å². The van der Waals surface area contributed by atoms with Gasteiger partial charge in [-0.2, -0.15) is 0 Å². The van der Waals surface area contributed by atoms with Gasteiger partial charge in [-0.05, 0) is 100 Å². The molecular weight excluding hydrogens is 556 g/mol. The van der Waals surface area contributed by atoms with Crippen LogP contribution in [0.15, 0.2) is 11.6 Å². The van der Waals surface area contributed by atoms with Crippen LogP contribution in [0.1, 0.15) is 92.4 Å². The molecule has 7 N–H and O–H groups in total. The molecule has 5 rings (SSSR count). The van der Waals surface area contributed by atoms with Crippen molar-refractivity contribution in [1.82, 2.24) is 0 Å². The van der Waals surface area contributed by atoms with Crippen LogP contribution in [-0.4, -0.2) is 102 Å². The maximum Gasteiger partial charge on any atom is 0.161 e. The highest BCUT2D eigenvalue weighted by Gasteiger charge is 2.67. The highest BCUT2D eigenvalue weighted by Crippen LogP contribution is 2.68. The maximum absolute atomic E-state index is 13.5. The van der Waals surface area contributed by atoms with Crippen molar-refractivity contribution in [3.05, 3.63) is 11.6 Å². The highest BCUT2D eigenvalue weighted by atomic mass is 16.7. The minimum atomic E-state index is -1.21. The first-order valence-corrected chi connectivity index (χ1v) is 16.3. The molecule has 4 fully saturated rings. The van der Waals surface area contributed by atoms with Gasteiger partial charge in [0.25, 0.3) is 0 Å². The molecule has 10 heteroatoms. The summed E-state index contributed by atoms with van der Waals surface area (Å²) in [6.45, 7) is 9.28. The molecule has 0 spiro atoms. The van der Waals surface area contributed by atoms with Gasteiger partial charge in [0.15, 0.2) is 12.1 Å². The molecular formula is C33H54O10. The summed E-state index contributed by atoms with van der Waals surface area (Å²) >= 11 is 0. The summed E-state index contributed by atoms with van der Waals surface area (Å²) in [6, 6.07) is 0. The van der Waals surface area contributed by atoms with Crippen molar-refractivity contribution in [2.45, 2.75) is 147 Å². The molecule has 0 aromatic carbocycles. The largest absolute Gasteiger partial charge is 0.394 e. The van der Waals surface area contributed by atoms with Gasteiger partial charge in [-0.1, -0.05) is 20.8 Å². The van der Waals surface area contributed by atoms with Gasteiger partial charge in [0.2, 0.25) is 0 Å². The predicted octanol–water partition coefficient (Wildman–Crippen LogP) is 1.59. The summed E-state index contributed by atoms with van der Waals surface area (Å²) in [7, 11) is 0. The number of rotatable bonds is 8. The number of ketones is 1. The van der Waals surface area contributed by atoms with E-state index in [1.807, 2.05) is 6.92 Å². The van der Waals surface area contributed by atoms with Crippen molar-refractivity contribution in [3.63, 3.8) is 0 Å². The zero-order valence-electron chi connectivity index (χ0n) is 26.4. The van der Waals surface area contributed by atoms with Gasteiger partial charge < -0.3 is 45.2 Å². The standard InChI is InChI=1S/C33H54O10/c1-17(26(8-9-30(2,3)40)42-28-14-24(37)29(39)27(16-34)43-28)18-7-11-33(41)20-12-22(35)21-13-23(36)25(38)15-31(21,4)19(20)6-10-32(18,33)5/h12,17-19,21,23-29,34,36-41H,6-11,13-16H2,1-5H3/t17-,18+,19-,21-,23+,24+,25-,26?,27+,28+,29-,31+,32+,33+/m0/s1. The molecule has 0 bridgehead atoms. The van der Waals surface area contributed by atoms with Crippen LogP contribution < -0.4 is 0 Å². The fourth-order valence-electron chi connectivity index (χ4n) is 9.81. The van der Waals surface area contributed by atoms with Gasteiger partial charge in [-0.25, -0.2) is 0 Å². The van der Waals surface area contributed by atoms with Crippen LogP contribution in [0.4, 0.5) is 0 Å². The maximum atomic E-state index is 13.5. The van der Waals surface area contributed by atoms with Gasteiger partial charge in [-0.15, -0.1) is 0 Å². The molecule has 1 unspecified atom stereocenters. The van der Waals surface area contributed by atoms with Crippen molar-refractivity contribution >= 4 is 5.78 Å². The number of ether oxygens (including phenoxy) is 2. The second-order valence-electron chi connectivity index (χ2n) is 15.6. The van der Waals surface area contributed by atoms with E-state index in [1.165, 1.54) is 0 Å². The molecule has 5 aliphatic rings. The van der Waals surface area contributed by atoms with Crippen molar-refractivity contribution in [3.8, 4) is 0 Å². The first-order chi connectivity index (χ1) is 19.9. The van der Waals surface area contributed by atoms with Gasteiger partial charge in [-0.3, -0.25) is 4.79 Å². The fraction of sp³-hybridized carbons (Fsp3) is 0.909. The van der Waals surface area contributed by atoms with Crippen molar-refractivity contribution in [2.75, 3.05) is 6.61 Å². The summed E-state index contributed by atoms with van der Waals surface area (Å²) in [5, 5.41) is 74.4. The normalized spacial score (nSPS) is 48.1. The Balaban J connectivity index is 1.41. The molecule has 4 aliphatic carbocycles. The molecule has 10 nitrogen and oxygen atoms in total. The molecule has 0 amide bonds. The van der Waals surface area contributed by atoms with Crippen molar-refractivity contribution < 1.29 is 50.0 Å². The number of carbonyl (C=O) groups excluding carboxylic acids is 1. The zero-order valence-corrected chi connectivity index (χ0v) is 26.4. The van der Waals surface area contributed by atoms with Gasteiger partial charge >= 0.3 is 0 Å². The Morgan fingerprint density at radius 1 is 1.05 bits per heavy atom. The molecule has 1 heterocycles. The first kappa shape index (κ1) is 33.4. The highest BCUT2D eigenvalue weighted by molar-refractivity contribution is 5.95. The van der Waals surface area contributed by atoms with E-state index in [0.717, 1.165) is 18.4 Å². The topological polar surface area (TPSA) is 177 Å². The molecule has 14 atom stereocenters. The van der Waals surface area contributed by atoms with Crippen molar-refractivity contribution in [1.29, 1.82) is 0 Å². The molecule has 3 saturated carbocycles. The average molecular weight is 611 g/mol. The van der Waals surface area contributed by atoms with E-state index in [4.69, 9.17) is 9.47 Å². The van der Waals surface area contributed by atoms with E-state index in [-0.39, 0.29) is 42.3 Å². The first-order valence-electron chi connectivity index (χ1n) is 16.3.